The molecule has 3 amide bonds. The molecule has 170 valence electrons. The van der Waals surface area contributed by atoms with Crippen molar-refractivity contribution in [2.75, 3.05) is 6.54 Å². The van der Waals surface area contributed by atoms with Gasteiger partial charge < -0.3 is 20.9 Å². The SMILES string of the molecule is CC(C)(C)C[C@H](NC(=O)c1cc2cccc(Br)c2[nH]1)C(=O)N[C@H](C#N)C[C@@H]1CCNC1=O. The molecule has 0 saturated carbocycles. The molecule has 1 saturated heterocycles. The van der Waals surface area contributed by atoms with Crippen LogP contribution in [-0.2, 0) is 9.59 Å². The van der Waals surface area contributed by atoms with Gasteiger partial charge in [0.15, 0.2) is 0 Å². The van der Waals surface area contributed by atoms with Crippen LogP contribution in [0.2, 0.25) is 0 Å². The zero-order valence-electron chi connectivity index (χ0n) is 18.4. The first-order valence-electron chi connectivity index (χ1n) is 10.6. The second-order valence-electron chi connectivity index (χ2n) is 9.38. The number of aromatic nitrogens is 1. The first kappa shape index (κ1) is 23.8. The van der Waals surface area contributed by atoms with Gasteiger partial charge in [-0.1, -0.05) is 32.9 Å². The van der Waals surface area contributed by atoms with Crippen LogP contribution in [0.15, 0.2) is 28.7 Å². The van der Waals surface area contributed by atoms with E-state index in [4.69, 9.17) is 0 Å². The summed E-state index contributed by atoms with van der Waals surface area (Å²) in [5, 5.41) is 18.7. The minimum absolute atomic E-state index is 0.0935. The number of nitrogens with zero attached hydrogens (tertiary/aromatic N) is 1. The van der Waals surface area contributed by atoms with Gasteiger partial charge in [-0.15, -0.1) is 0 Å². The van der Waals surface area contributed by atoms with Gasteiger partial charge in [0.25, 0.3) is 5.91 Å². The van der Waals surface area contributed by atoms with Crippen molar-refractivity contribution in [3.63, 3.8) is 0 Å². The number of aromatic amines is 1. The largest absolute Gasteiger partial charge is 0.356 e. The van der Waals surface area contributed by atoms with Crippen molar-refractivity contribution in [1.82, 2.24) is 20.9 Å². The standard InChI is InChI=1S/C23H28BrN5O3/c1-23(2,3)11-18(22(32)27-15(12-25)9-14-7-8-26-20(14)30)29-21(31)17-10-13-5-4-6-16(24)19(13)28-17/h4-6,10,14-15,18,28H,7-9,11H2,1-3H3,(H,26,30)(H,27,32)(H,29,31)/t14-,15-,18-/m0/s1. The zero-order valence-corrected chi connectivity index (χ0v) is 20.0. The van der Waals surface area contributed by atoms with Crippen LogP contribution in [0.3, 0.4) is 0 Å². The Morgan fingerprint density at radius 3 is 2.66 bits per heavy atom. The number of para-hydroxylation sites is 1. The normalized spacial score (nSPS) is 18.0. The van der Waals surface area contributed by atoms with Crippen molar-refractivity contribution in [3.05, 3.63) is 34.4 Å². The molecule has 1 aromatic carbocycles. The number of fused-ring (bicyclic) bond motifs is 1. The molecule has 4 N–H and O–H groups in total. The van der Waals surface area contributed by atoms with Crippen LogP contribution >= 0.6 is 15.9 Å². The third-order valence-electron chi connectivity index (χ3n) is 5.44. The van der Waals surface area contributed by atoms with Crippen LogP contribution in [0.5, 0.6) is 0 Å². The zero-order chi connectivity index (χ0) is 23.5. The highest BCUT2D eigenvalue weighted by Gasteiger charge is 2.31. The molecular weight excluding hydrogens is 474 g/mol. The van der Waals surface area contributed by atoms with Gasteiger partial charge in [0.1, 0.15) is 17.8 Å². The lowest BCUT2D eigenvalue weighted by Crippen LogP contribution is -2.51. The first-order chi connectivity index (χ1) is 15.1. The second kappa shape index (κ2) is 9.74. The number of H-pyrrole nitrogens is 1. The summed E-state index contributed by atoms with van der Waals surface area (Å²) in [6.45, 7) is 6.51. The molecule has 1 aliphatic rings. The van der Waals surface area contributed by atoms with Gasteiger partial charge in [0.2, 0.25) is 11.8 Å². The van der Waals surface area contributed by atoms with Gasteiger partial charge in [-0.05, 0) is 52.7 Å². The average Bonchev–Trinajstić information content (AvgIpc) is 3.33. The Bertz CT molecular complexity index is 1070. The molecule has 0 unspecified atom stereocenters. The maximum absolute atomic E-state index is 13.0. The molecule has 0 aliphatic carbocycles. The number of rotatable bonds is 7. The Morgan fingerprint density at radius 1 is 1.31 bits per heavy atom. The third kappa shape index (κ3) is 5.88. The summed E-state index contributed by atoms with van der Waals surface area (Å²) in [4.78, 5) is 40.9. The fraction of sp³-hybridized carbons (Fsp3) is 0.478. The fourth-order valence-corrected chi connectivity index (χ4v) is 4.35. The summed E-state index contributed by atoms with van der Waals surface area (Å²) in [7, 11) is 0. The van der Waals surface area contributed by atoms with E-state index in [2.05, 4.69) is 42.9 Å². The number of halogens is 1. The van der Waals surface area contributed by atoms with Crippen LogP contribution in [0, 0.1) is 22.7 Å². The lowest BCUT2D eigenvalue weighted by atomic mass is 9.87. The molecule has 0 bridgehead atoms. The molecule has 3 atom stereocenters. The van der Waals surface area contributed by atoms with E-state index in [9.17, 15) is 19.6 Å². The van der Waals surface area contributed by atoms with E-state index in [1.165, 1.54) is 0 Å². The molecule has 1 aliphatic heterocycles. The first-order valence-corrected chi connectivity index (χ1v) is 11.4. The fourth-order valence-electron chi connectivity index (χ4n) is 3.87. The van der Waals surface area contributed by atoms with E-state index in [0.717, 1.165) is 15.4 Å². The highest BCUT2D eigenvalue weighted by molar-refractivity contribution is 9.10. The van der Waals surface area contributed by atoms with Gasteiger partial charge in [-0.3, -0.25) is 14.4 Å². The van der Waals surface area contributed by atoms with Crippen molar-refractivity contribution in [1.29, 1.82) is 5.26 Å². The highest BCUT2D eigenvalue weighted by atomic mass is 79.9. The van der Waals surface area contributed by atoms with Gasteiger partial charge in [0, 0.05) is 22.3 Å². The molecule has 1 aromatic heterocycles. The number of carbonyl (C=O) groups is 3. The Labute approximate surface area is 195 Å². The second-order valence-corrected chi connectivity index (χ2v) is 10.2. The van der Waals surface area contributed by atoms with Crippen LogP contribution in [0.25, 0.3) is 10.9 Å². The Balaban J connectivity index is 1.73. The molecule has 0 spiro atoms. The van der Waals surface area contributed by atoms with Crippen molar-refractivity contribution < 1.29 is 14.4 Å². The number of hydrogen-bond acceptors (Lipinski definition) is 4. The number of carbonyl (C=O) groups excluding carboxylic acids is 3. The van der Waals surface area contributed by atoms with Crippen molar-refractivity contribution in [3.8, 4) is 6.07 Å². The molecule has 2 heterocycles. The predicted molar refractivity (Wildman–Crippen MR) is 125 cm³/mol. The predicted octanol–water partition coefficient (Wildman–Crippen LogP) is 3.00. The molecule has 0 radical (unpaired) electrons. The van der Waals surface area contributed by atoms with Gasteiger partial charge >= 0.3 is 0 Å². The summed E-state index contributed by atoms with van der Waals surface area (Å²) in [5.74, 6) is -1.22. The smallest absolute Gasteiger partial charge is 0.268 e. The lowest BCUT2D eigenvalue weighted by molar-refractivity contribution is -0.125. The maximum Gasteiger partial charge on any atom is 0.268 e. The van der Waals surface area contributed by atoms with Crippen molar-refractivity contribution in [2.24, 2.45) is 11.3 Å². The number of amides is 3. The van der Waals surface area contributed by atoms with E-state index >= 15 is 0 Å². The van der Waals surface area contributed by atoms with E-state index in [-0.39, 0.29) is 23.7 Å². The third-order valence-corrected chi connectivity index (χ3v) is 6.10. The molecule has 2 aromatic rings. The van der Waals surface area contributed by atoms with Gasteiger partial charge in [0.05, 0.1) is 11.6 Å². The quantitative estimate of drug-likeness (QED) is 0.464. The Morgan fingerprint density at radius 2 is 2.06 bits per heavy atom. The number of hydrogen-bond donors (Lipinski definition) is 4. The van der Waals surface area contributed by atoms with Crippen molar-refractivity contribution in [2.45, 2.75) is 52.1 Å². The monoisotopic (exact) mass is 501 g/mol. The topological polar surface area (TPSA) is 127 Å². The van der Waals surface area contributed by atoms with Crippen molar-refractivity contribution >= 4 is 44.6 Å². The lowest BCUT2D eigenvalue weighted by Gasteiger charge is -2.27. The number of benzene rings is 1. The van der Waals surface area contributed by atoms with Gasteiger partial charge in [-0.2, -0.15) is 5.26 Å². The summed E-state index contributed by atoms with van der Waals surface area (Å²) >= 11 is 3.46. The Hall–Kier alpha value is -2.86. The van der Waals surface area contributed by atoms with Crippen LogP contribution < -0.4 is 16.0 Å². The number of nitriles is 1. The Kier molecular flexibility index (Phi) is 7.24. The molecule has 32 heavy (non-hydrogen) atoms. The van der Waals surface area contributed by atoms with E-state index in [0.29, 0.717) is 25.1 Å². The number of nitrogens with one attached hydrogen (secondary N) is 4. The minimum atomic E-state index is -0.828. The van der Waals surface area contributed by atoms with Crippen LogP contribution in [-0.4, -0.2) is 41.3 Å². The molecule has 3 rings (SSSR count). The van der Waals surface area contributed by atoms with E-state index in [1.54, 1.807) is 6.07 Å². The van der Waals surface area contributed by atoms with Crippen LogP contribution in [0.4, 0.5) is 0 Å². The molecule has 9 heteroatoms. The maximum atomic E-state index is 13.0. The summed E-state index contributed by atoms with van der Waals surface area (Å²) in [6, 6.07) is 7.82. The van der Waals surface area contributed by atoms with E-state index in [1.807, 2.05) is 39.0 Å². The molecular formula is C23H28BrN5O3. The summed E-state index contributed by atoms with van der Waals surface area (Å²) in [6.07, 6.45) is 1.28. The highest BCUT2D eigenvalue weighted by Crippen LogP contribution is 2.25. The molecule has 1 fully saturated rings. The summed E-state index contributed by atoms with van der Waals surface area (Å²) < 4.78 is 0.839. The average molecular weight is 502 g/mol. The van der Waals surface area contributed by atoms with Gasteiger partial charge in [-0.25, -0.2) is 0 Å². The molecule has 8 nitrogen and oxygen atoms in total. The minimum Gasteiger partial charge on any atom is -0.356 e. The van der Waals surface area contributed by atoms with Crippen LogP contribution in [0.1, 0.15) is 50.5 Å². The summed E-state index contributed by atoms with van der Waals surface area (Å²) in [5.41, 5.74) is 0.901. The van der Waals surface area contributed by atoms with E-state index < -0.39 is 23.9 Å².